The molecule has 0 radical (unpaired) electrons. The van der Waals surface area contributed by atoms with Crippen molar-refractivity contribution in [3.8, 4) is 0 Å². The fourth-order valence-electron chi connectivity index (χ4n) is 2.14. The minimum atomic E-state index is -3.80. The van der Waals surface area contributed by atoms with Crippen molar-refractivity contribution in [1.82, 2.24) is 15.2 Å². The Balaban J connectivity index is 1.81. The molecule has 0 spiro atoms. The molecule has 2 N–H and O–H groups in total. The molecule has 0 aliphatic rings. The molecule has 0 atom stereocenters. The van der Waals surface area contributed by atoms with E-state index in [4.69, 9.17) is 0 Å². The Morgan fingerprint density at radius 1 is 1.00 bits per heavy atom. The Kier molecular flexibility index (Phi) is 7.42. The van der Waals surface area contributed by atoms with Crippen molar-refractivity contribution in [2.45, 2.75) is 6.42 Å². The fourth-order valence-corrected chi connectivity index (χ4v) is 2.97. The number of carbonyl (C=O) groups is 2. The van der Waals surface area contributed by atoms with Gasteiger partial charge in [-0.25, -0.2) is 12.8 Å². The van der Waals surface area contributed by atoms with E-state index in [-0.39, 0.29) is 6.42 Å². The second kappa shape index (κ2) is 9.77. The van der Waals surface area contributed by atoms with Crippen LogP contribution in [0.5, 0.6) is 0 Å². The summed E-state index contributed by atoms with van der Waals surface area (Å²) in [4.78, 5) is 23.7. The average molecular weight is 405 g/mol. The van der Waals surface area contributed by atoms with Gasteiger partial charge in [-0.05, 0) is 29.3 Å². The van der Waals surface area contributed by atoms with Crippen LogP contribution in [0.15, 0.2) is 60.0 Å². The summed E-state index contributed by atoms with van der Waals surface area (Å²) >= 11 is 0. The standard InChI is InChI=1S/C19H20FN3O4S/c1-23(28(26,27)12-11-15-5-3-2-4-6-15)14-19(25)22-21-18(24)13-16-7-9-17(20)10-8-16/h2-12H,13-14H2,1H3,(H,21,24)(H,22,25)/b12-11+. The minimum absolute atomic E-state index is 0.0610. The molecule has 0 aliphatic heterocycles. The number of halogens is 1. The summed E-state index contributed by atoms with van der Waals surface area (Å²) in [5.41, 5.74) is 5.61. The van der Waals surface area contributed by atoms with E-state index in [0.717, 1.165) is 9.71 Å². The van der Waals surface area contributed by atoms with Gasteiger partial charge in [0.2, 0.25) is 15.9 Å². The predicted octanol–water partition coefficient (Wildman–Crippen LogP) is 1.45. The molecule has 2 aromatic carbocycles. The third-order valence-electron chi connectivity index (χ3n) is 3.65. The maximum Gasteiger partial charge on any atom is 0.253 e. The molecule has 2 amide bonds. The Bertz CT molecular complexity index is 945. The number of amides is 2. The lowest BCUT2D eigenvalue weighted by Crippen LogP contribution is -2.47. The molecular formula is C19H20FN3O4S. The number of rotatable bonds is 7. The number of likely N-dealkylation sites (N-methyl/N-ethyl adjacent to an activating group) is 1. The maximum absolute atomic E-state index is 12.8. The van der Waals surface area contributed by atoms with Gasteiger partial charge in [-0.1, -0.05) is 42.5 Å². The van der Waals surface area contributed by atoms with Gasteiger partial charge in [-0.2, -0.15) is 4.31 Å². The summed E-state index contributed by atoms with van der Waals surface area (Å²) in [5.74, 6) is -1.64. The third kappa shape index (κ3) is 6.93. The topological polar surface area (TPSA) is 95.6 Å². The van der Waals surface area contributed by atoms with Crippen molar-refractivity contribution in [3.63, 3.8) is 0 Å². The van der Waals surface area contributed by atoms with Crippen LogP contribution in [0.2, 0.25) is 0 Å². The number of carbonyl (C=O) groups excluding carboxylic acids is 2. The van der Waals surface area contributed by atoms with Crippen molar-refractivity contribution in [2.75, 3.05) is 13.6 Å². The highest BCUT2D eigenvalue weighted by Crippen LogP contribution is 2.06. The van der Waals surface area contributed by atoms with Crippen molar-refractivity contribution in [2.24, 2.45) is 0 Å². The average Bonchev–Trinajstić information content (AvgIpc) is 2.67. The molecule has 2 aromatic rings. The Morgan fingerprint density at radius 2 is 1.61 bits per heavy atom. The lowest BCUT2D eigenvalue weighted by atomic mass is 10.1. The van der Waals surface area contributed by atoms with Crippen LogP contribution in [0.3, 0.4) is 0 Å². The highest BCUT2D eigenvalue weighted by molar-refractivity contribution is 7.92. The van der Waals surface area contributed by atoms with Crippen LogP contribution in [0, 0.1) is 5.82 Å². The van der Waals surface area contributed by atoms with Crippen LogP contribution in [-0.2, 0) is 26.0 Å². The largest absolute Gasteiger partial charge is 0.273 e. The van der Waals surface area contributed by atoms with Gasteiger partial charge in [-0.15, -0.1) is 0 Å². The predicted molar refractivity (Wildman–Crippen MR) is 103 cm³/mol. The zero-order valence-electron chi connectivity index (χ0n) is 15.1. The zero-order chi connectivity index (χ0) is 20.6. The molecule has 148 valence electrons. The first-order valence-corrected chi connectivity index (χ1v) is 9.78. The van der Waals surface area contributed by atoms with Gasteiger partial charge in [0, 0.05) is 12.5 Å². The minimum Gasteiger partial charge on any atom is -0.273 e. The van der Waals surface area contributed by atoms with E-state index in [0.29, 0.717) is 11.1 Å². The molecule has 0 bridgehead atoms. The van der Waals surface area contributed by atoms with Gasteiger partial charge in [0.1, 0.15) is 5.82 Å². The van der Waals surface area contributed by atoms with Gasteiger partial charge in [0.05, 0.1) is 13.0 Å². The Morgan fingerprint density at radius 3 is 2.25 bits per heavy atom. The molecule has 0 saturated heterocycles. The molecule has 0 unspecified atom stereocenters. The number of benzene rings is 2. The van der Waals surface area contributed by atoms with Gasteiger partial charge in [0.25, 0.3) is 5.91 Å². The molecule has 7 nitrogen and oxygen atoms in total. The van der Waals surface area contributed by atoms with Crippen LogP contribution in [-0.4, -0.2) is 38.1 Å². The molecule has 0 aromatic heterocycles. The van der Waals surface area contributed by atoms with Crippen LogP contribution < -0.4 is 10.9 Å². The van der Waals surface area contributed by atoms with Crippen LogP contribution in [0.25, 0.3) is 6.08 Å². The lowest BCUT2D eigenvalue weighted by Gasteiger charge is -2.14. The summed E-state index contributed by atoms with van der Waals surface area (Å²) in [6.45, 7) is -0.474. The normalized spacial score (nSPS) is 11.5. The molecule has 28 heavy (non-hydrogen) atoms. The number of hydrazine groups is 1. The van der Waals surface area contributed by atoms with Crippen molar-refractivity contribution in [1.29, 1.82) is 0 Å². The SMILES string of the molecule is CN(CC(=O)NNC(=O)Cc1ccc(F)cc1)S(=O)(=O)/C=C/c1ccccc1. The van der Waals surface area contributed by atoms with Crippen LogP contribution >= 0.6 is 0 Å². The van der Waals surface area contributed by atoms with E-state index in [2.05, 4.69) is 10.9 Å². The quantitative estimate of drug-likeness (QED) is 0.682. The first-order chi connectivity index (χ1) is 13.3. The monoisotopic (exact) mass is 405 g/mol. The molecule has 0 aliphatic carbocycles. The highest BCUT2D eigenvalue weighted by atomic mass is 32.2. The summed E-state index contributed by atoms with van der Waals surface area (Å²) in [6, 6.07) is 14.2. The van der Waals surface area contributed by atoms with E-state index in [1.165, 1.54) is 37.4 Å². The second-order valence-corrected chi connectivity index (χ2v) is 7.84. The molecule has 9 heteroatoms. The maximum atomic E-state index is 12.8. The number of hydrogen-bond acceptors (Lipinski definition) is 4. The molecule has 2 rings (SSSR count). The molecule has 0 saturated carbocycles. The fraction of sp³-hybridized carbons (Fsp3) is 0.158. The Labute approximate surface area is 162 Å². The van der Waals surface area contributed by atoms with E-state index in [9.17, 15) is 22.4 Å². The summed E-state index contributed by atoms with van der Waals surface area (Å²) in [7, 11) is -2.55. The van der Waals surface area contributed by atoms with Crippen LogP contribution in [0.4, 0.5) is 4.39 Å². The van der Waals surface area contributed by atoms with E-state index in [1.54, 1.807) is 24.3 Å². The first kappa shape index (κ1) is 21.3. The van der Waals surface area contributed by atoms with Gasteiger partial charge >= 0.3 is 0 Å². The zero-order valence-corrected chi connectivity index (χ0v) is 15.9. The van der Waals surface area contributed by atoms with Gasteiger partial charge in [0.15, 0.2) is 0 Å². The number of nitrogens with zero attached hydrogens (tertiary/aromatic N) is 1. The van der Waals surface area contributed by atoms with Gasteiger partial charge in [-0.3, -0.25) is 20.4 Å². The smallest absolute Gasteiger partial charge is 0.253 e. The van der Waals surface area contributed by atoms with Crippen molar-refractivity contribution < 1.29 is 22.4 Å². The van der Waals surface area contributed by atoms with E-state index in [1.807, 2.05) is 6.07 Å². The molecular weight excluding hydrogens is 385 g/mol. The summed E-state index contributed by atoms with van der Waals surface area (Å²) in [5, 5.41) is 1.00. The summed E-state index contributed by atoms with van der Waals surface area (Å²) in [6.07, 6.45) is 1.36. The summed E-state index contributed by atoms with van der Waals surface area (Å²) < 4.78 is 38.1. The van der Waals surface area contributed by atoms with Gasteiger partial charge < -0.3 is 0 Å². The number of sulfonamides is 1. The lowest BCUT2D eigenvalue weighted by molar-refractivity contribution is -0.128. The molecule has 0 fully saturated rings. The Hall–Kier alpha value is -3.04. The van der Waals surface area contributed by atoms with Crippen LogP contribution in [0.1, 0.15) is 11.1 Å². The van der Waals surface area contributed by atoms with Crippen molar-refractivity contribution in [3.05, 3.63) is 76.9 Å². The first-order valence-electron chi connectivity index (χ1n) is 8.28. The van der Waals surface area contributed by atoms with E-state index >= 15 is 0 Å². The van der Waals surface area contributed by atoms with Crippen molar-refractivity contribution >= 4 is 27.9 Å². The number of hydrogen-bond donors (Lipinski definition) is 2. The highest BCUT2D eigenvalue weighted by Gasteiger charge is 2.18. The third-order valence-corrected chi connectivity index (χ3v) is 5.13. The van der Waals surface area contributed by atoms with E-state index < -0.39 is 34.2 Å². The molecule has 0 heterocycles. The number of nitrogens with one attached hydrogen (secondary N) is 2. The second-order valence-electron chi connectivity index (χ2n) is 5.91.